The average molecular weight is 553 g/mol. The molecule has 0 radical (unpaired) electrons. The number of nitrogens with zero attached hydrogens (tertiary/aromatic N) is 3. The van der Waals surface area contributed by atoms with E-state index in [9.17, 15) is 13.2 Å². The van der Waals surface area contributed by atoms with Crippen LogP contribution in [0.1, 0.15) is 40.3 Å². The Labute approximate surface area is 230 Å². The summed E-state index contributed by atoms with van der Waals surface area (Å²) in [7, 11) is 3.16. The number of nitrogens with one attached hydrogen (secondary N) is 1. The van der Waals surface area contributed by atoms with Crippen molar-refractivity contribution in [2.45, 2.75) is 32.1 Å². The molecule has 39 heavy (non-hydrogen) atoms. The number of hydrogen-bond donors (Lipinski definition) is 1. The van der Waals surface area contributed by atoms with Gasteiger partial charge in [0.15, 0.2) is 5.11 Å². The molecule has 0 amide bonds. The molecular weight excluding hydrogens is 525 g/mol. The van der Waals surface area contributed by atoms with Crippen LogP contribution in [-0.2, 0) is 6.18 Å². The summed E-state index contributed by atoms with van der Waals surface area (Å²) in [6.07, 6.45) is -2.72. The Morgan fingerprint density at radius 2 is 1.74 bits per heavy atom. The maximum Gasteiger partial charge on any atom is 0.416 e. The summed E-state index contributed by atoms with van der Waals surface area (Å²) in [4.78, 5) is 6.57. The number of halogens is 3. The molecule has 2 aromatic heterocycles. The third-order valence-corrected chi connectivity index (χ3v) is 7.28. The van der Waals surface area contributed by atoms with Gasteiger partial charge in [-0.2, -0.15) is 13.2 Å². The van der Waals surface area contributed by atoms with Gasteiger partial charge in [0, 0.05) is 29.3 Å². The van der Waals surface area contributed by atoms with E-state index in [2.05, 4.69) is 10.3 Å². The molecule has 0 saturated carbocycles. The van der Waals surface area contributed by atoms with Crippen LogP contribution < -0.4 is 19.7 Å². The molecule has 1 aliphatic heterocycles. The largest absolute Gasteiger partial charge is 0.497 e. The standard InChI is InChI=1S/C29H27F3N4O2S/c1-17-14-22(18(2)35(17)20-9-7-8-19(15-20)29(30,31)32)27-26(23-10-5-6-13-33-23)34-28(39)36(27)24-12-11-21(37-3)16-25(24)38-4/h5-16,26-27H,1-4H3,(H,34,39)/t26-,27+/m1/s1. The molecular formula is C29H27F3N4O2S. The summed E-state index contributed by atoms with van der Waals surface area (Å²) in [5, 5.41) is 3.90. The lowest BCUT2D eigenvalue weighted by Crippen LogP contribution is -2.30. The number of thiocarbonyl (C=S) groups is 1. The lowest BCUT2D eigenvalue weighted by Gasteiger charge is -2.29. The average Bonchev–Trinajstić information content (AvgIpc) is 3.42. The zero-order valence-corrected chi connectivity index (χ0v) is 22.6. The number of methoxy groups -OCH3 is 2. The van der Waals surface area contributed by atoms with E-state index in [1.54, 1.807) is 32.5 Å². The summed E-state index contributed by atoms with van der Waals surface area (Å²) >= 11 is 5.85. The zero-order valence-electron chi connectivity index (χ0n) is 21.8. The molecule has 202 valence electrons. The predicted molar refractivity (Wildman–Crippen MR) is 148 cm³/mol. The van der Waals surface area contributed by atoms with Crippen LogP contribution in [0.25, 0.3) is 5.69 Å². The molecule has 5 rings (SSSR count). The highest BCUT2D eigenvalue weighted by atomic mass is 32.1. The molecule has 0 unspecified atom stereocenters. The Kier molecular flexibility index (Phi) is 6.98. The Bertz CT molecular complexity index is 1520. The first-order chi connectivity index (χ1) is 18.6. The van der Waals surface area contributed by atoms with Gasteiger partial charge in [-0.25, -0.2) is 0 Å². The molecule has 0 bridgehead atoms. The summed E-state index contributed by atoms with van der Waals surface area (Å²) in [6.45, 7) is 3.79. The molecule has 0 aliphatic carbocycles. The maximum absolute atomic E-state index is 13.5. The molecule has 1 saturated heterocycles. The fourth-order valence-corrected chi connectivity index (χ4v) is 5.56. The SMILES string of the molecule is COc1ccc(N2C(=S)N[C@H](c3ccccn3)[C@@H]2c2cc(C)n(-c3cccc(C(F)(F)F)c3)c2C)c(OC)c1. The third kappa shape index (κ3) is 4.80. The Morgan fingerprint density at radius 1 is 0.949 bits per heavy atom. The van der Waals surface area contributed by atoms with Crippen LogP contribution in [0.3, 0.4) is 0 Å². The number of hydrogen-bond acceptors (Lipinski definition) is 4. The van der Waals surface area contributed by atoms with Gasteiger partial charge >= 0.3 is 6.18 Å². The number of alkyl halides is 3. The van der Waals surface area contributed by atoms with Gasteiger partial charge in [-0.1, -0.05) is 12.1 Å². The Hall–Kier alpha value is -4.05. The highest BCUT2D eigenvalue weighted by Gasteiger charge is 2.43. The molecule has 2 atom stereocenters. The first-order valence-electron chi connectivity index (χ1n) is 12.2. The fourth-order valence-electron chi connectivity index (χ4n) is 5.22. The second-order valence-electron chi connectivity index (χ2n) is 9.24. The molecule has 3 heterocycles. The van der Waals surface area contributed by atoms with Crippen molar-refractivity contribution < 1.29 is 22.6 Å². The Morgan fingerprint density at radius 3 is 2.41 bits per heavy atom. The maximum atomic E-state index is 13.5. The number of anilines is 1. The van der Waals surface area contributed by atoms with Crippen LogP contribution in [0.5, 0.6) is 11.5 Å². The summed E-state index contributed by atoms with van der Waals surface area (Å²) < 4.78 is 53.5. The van der Waals surface area contributed by atoms with E-state index >= 15 is 0 Å². The molecule has 10 heteroatoms. The number of rotatable bonds is 6. The van der Waals surface area contributed by atoms with Gasteiger partial charge in [-0.05, 0) is 80.2 Å². The van der Waals surface area contributed by atoms with Crippen LogP contribution in [-0.4, -0.2) is 28.9 Å². The minimum Gasteiger partial charge on any atom is -0.497 e. The first-order valence-corrected chi connectivity index (χ1v) is 12.6. The van der Waals surface area contributed by atoms with Crippen molar-refractivity contribution >= 4 is 23.0 Å². The van der Waals surface area contributed by atoms with E-state index in [4.69, 9.17) is 21.7 Å². The molecule has 1 fully saturated rings. The van der Waals surface area contributed by atoms with Gasteiger partial charge in [0.05, 0.1) is 43.2 Å². The summed E-state index contributed by atoms with van der Waals surface area (Å²) in [5.74, 6) is 1.20. The van der Waals surface area contributed by atoms with E-state index in [-0.39, 0.29) is 12.1 Å². The molecule has 1 N–H and O–H groups in total. The topological polar surface area (TPSA) is 51.5 Å². The van der Waals surface area contributed by atoms with Crippen molar-refractivity contribution in [2.24, 2.45) is 0 Å². The quantitative estimate of drug-likeness (QED) is 0.269. The van der Waals surface area contributed by atoms with Crippen molar-refractivity contribution in [3.05, 3.63) is 101 Å². The van der Waals surface area contributed by atoms with Crippen LogP contribution >= 0.6 is 12.2 Å². The highest BCUT2D eigenvalue weighted by Crippen LogP contribution is 2.47. The highest BCUT2D eigenvalue weighted by molar-refractivity contribution is 7.80. The van der Waals surface area contributed by atoms with Crippen LogP contribution in [0.4, 0.5) is 18.9 Å². The molecule has 4 aromatic rings. The lowest BCUT2D eigenvalue weighted by molar-refractivity contribution is -0.137. The van der Waals surface area contributed by atoms with Crippen molar-refractivity contribution in [1.29, 1.82) is 0 Å². The first kappa shape index (κ1) is 26.6. The van der Waals surface area contributed by atoms with Gasteiger partial charge in [0.1, 0.15) is 11.5 Å². The Balaban J connectivity index is 1.69. The monoisotopic (exact) mass is 552 g/mol. The van der Waals surface area contributed by atoms with Crippen molar-refractivity contribution in [1.82, 2.24) is 14.9 Å². The molecule has 0 spiro atoms. The van der Waals surface area contributed by atoms with Crippen molar-refractivity contribution in [3.8, 4) is 17.2 Å². The molecule has 6 nitrogen and oxygen atoms in total. The third-order valence-electron chi connectivity index (χ3n) is 6.97. The number of aryl methyl sites for hydroxylation is 1. The normalized spacial score (nSPS) is 17.3. The van der Waals surface area contributed by atoms with Gasteiger partial charge in [0.25, 0.3) is 0 Å². The van der Waals surface area contributed by atoms with E-state index in [1.165, 1.54) is 12.1 Å². The number of ether oxygens (including phenoxy) is 2. The van der Waals surface area contributed by atoms with Crippen molar-refractivity contribution in [3.63, 3.8) is 0 Å². The van der Waals surface area contributed by atoms with Gasteiger partial charge < -0.3 is 24.3 Å². The molecule has 2 aromatic carbocycles. The summed E-state index contributed by atoms with van der Waals surface area (Å²) in [5.41, 5.74) is 3.72. The van der Waals surface area contributed by atoms with E-state index in [0.717, 1.165) is 34.4 Å². The zero-order chi connectivity index (χ0) is 27.9. The smallest absolute Gasteiger partial charge is 0.416 e. The van der Waals surface area contributed by atoms with Crippen LogP contribution in [0, 0.1) is 13.8 Å². The second-order valence-corrected chi connectivity index (χ2v) is 9.63. The minimum absolute atomic E-state index is 0.332. The predicted octanol–water partition coefficient (Wildman–Crippen LogP) is 6.70. The number of aromatic nitrogens is 2. The van der Waals surface area contributed by atoms with E-state index in [1.807, 2.05) is 59.7 Å². The summed E-state index contributed by atoms with van der Waals surface area (Å²) in [6, 6.07) is 17.8. The van der Waals surface area contributed by atoms with Crippen LogP contribution in [0.15, 0.2) is 72.9 Å². The van der Waals surface area contributed by atoms with Gasteiger partial charge in [-0.15, -0.1) is 0 Å². The fraction of sp³-hybridized carbons (Fsp3) is 0.241. The number of benzene rings is 2. The van der Waals surface area contributed by atoms with Gasteiger partial charge in [-0.3, -0.25) is 4.98 Å². The minimum atomic E-state index is -4.44. The van der Waals surface area contributed by atoms with E-state index in [0.29, 0.717) is 22.3 Å². The second kappa shape index (κ2) is 10.3. The van der Waals surface area contributed by atoms with Crippen LogP contribution in [0.2, 0.25) is 0 Å². The van der Waals surface area contributed by atoms with Crippen molar-refractivity contribution in [2.75, 3.05) is 19.1 Å². The molecule has 1 aliphatic rings. The van der Waals surface area contributed by atoms with Gasteiger partial charge in [0.2, 0.25) is 0 Å². The lowest BCUT2D eigenvalue weighted by atomic mass is 9.96. The van der Waals surface area contributed by atoms with E-state index < -0.39 is 11.7 Å². The number of pyridine rings is 1.